The third kappa shape index (κ3) is 1.73. The van der Waals surface area contributed by atoms with E-state index in [1.807, 2.05) is 59.2 Å². The van der Waals surface area contributed by atoms with Crippen molar-refractivity contribution >= 4 is 22.6 Å². The highest BCUT2D eigenvalue weighted by Gasteiger charge is 2.22. The molecule has 2 aromatic carbocycles. The van der Waals surface area contributed by atoms with Gasteiger partial charge in [-0.2, -0.15) is 0 Å². The maximum atomic E-state index is 12.1. The predicted molar refractivity (Wildman–Crippen MR) is 79.0 cm³/mol. The molecule has 1 heterocycles. The van der Waals surface area contributed by atoms with E-state index in [0.717, 1.165) is 16.6 Å². The highest BCUT2D eigenvalue weighted by molar-refractivity contribution is 6.07. The van der Waals surface area contributed by atoms with E-state index in [-0.39, 0.29) is 0 Å². The minimum Gasteiger partial charge on any atom is -0.464 e. The number of esters is 1. The molecule has 0 bridgehead atoms. The fraction of sp³-hybridized carbons (Fsp3) is 0.0625. The lowest BCUT2D eigenvalue weighted by Crippen LogP contribution is -2.11. The van der Waals surface area contributed by atoms with Gasteiger partial charge in [-0.25, -0.2) is 4.79 Å². The van der Waals surface area contributed by atoms with Crippen LogP contribution < -0.4 is 5.73 Å². The van der Waals surface area contributed by atoms with Crippen molar-refractivity contribution in [3.63, 3.8) is 0 Å². The number of carbonyl (C=O) groups excluding carboxylic acids is 1. The molecule has 3 aromatic rings. The normalized spacial score (nSPS) is 10.7. The third-order valence-electron chi connectivity index (χ3n) is 3.31. The lowest BCUT2D eigenvalue weighted by molar-refractivity contribution is 0.0593. The molecule has 0 radical (unpaired) electrons. The number of methoxy groups -OCH3 is 1. The number of carbonyl (C=O) groups is 1. The number of aromatic nitrogens is 1. The molecule has 0 saturated heterocycles. The molecule has 0 fully saturated rings. The van der Waals surface area contributed by atoms with E-state index in [4.69, 9.17) is 10.5 Å². The standard InChI is InChI=1S/C16H14N2O2/c1-20-16(19)15-14(17)12-9-5-6-10-13(12)18(15)11-7-3-2-4-8-11/h2-10H,17H2,1H3. The van der Waals surface area contributed by atoms with Gasteiger partial charge < -0.3 is 15.0 Å². The molecule has 0 saturated carbocycles. The second kappa shape index (κ2) is 4.74. The Morgan fingerprint density at radius 3 is 2.40 bits per heavy atom. The maximum absolute atomic E-state index is 12.1. The number of benzene rings is 2. The van der Waals surface area contributed by atoms with E-state index < -0.39 is 5.97 Å². The van der Waals surface area contributed by atoms with Gasteiger partial charge in [-0.15, -0.1) is 0 Å². The van der Waals surface area contributed by atoms with Crippen LogP contribution in [0.3, 0.4) is 0 Å². The molecule has 0 unspecified atom stereocenters. The van der Waals surface area contributed by atoms with Crippen LogP contribution in [0.25, 0.3) is 16.6 Å². The minimum atomic E-state index is -0.442. The van der Waals surface area contributed by atoms with Gasteiger partial charge in [0.1, 0.15) is 0 Å². The van der Waals surface area contributed by atoms with E-state index in [1.165, 1.54) is 7.11 Å². The van der Waals surface area contributed by atoms with Crippen molar-refractivity contribution in [2.24, 2.45) is 0 Å². The van der Waals surface area contributed by atoms with Crippen LogP contribution in [-0.2, 0) is 4.74 Å². The van der Waals surface area contributed by atoms with Gasteiger partial charge in [-0.1, -0.05) is 36.4 Å². The first-order chi connectivity index (χ1) is 9.74. The fourth-order valence-electron chi connectivity index (χ4n) is 2.41. The lowest BCUT2D eigenvalue weighted by Gasteiger charge is -2.09. The Bertz CT molecular complexity index is 776. The average Bonchev–Trinajstić information content (AvgIpc) is 2.81. The maximum Gasteiger partial charge on any atom is 0.357 e. The van der Waals surface area contributed by atoms with Gasteiger partial charge in [-0.05, 0) is 18.2 Å². The van der Waals surface area contributed by atoms with Crippen molar-refractivity contribution in [2.45, 2.75) is 0 Å². The summed E-state index contributed by atoms with van der Waals surface area (Å²) in [7, 11) is 1.36. The second-order valence-corrected chi connectivity index (χ2v) is 4.44. The monoisotopic (exact) mass is 266 g/mol. The molecule has 0 atom stereocenters. The summed E-state index contributed by atoms with van der Waals surface area (Å²) in [6.45, 7) is 0. The van der Waals surface area contributed by atoms with Gasteiger partial charge in [0.2, 0.25) is 0 Å². The first-order valence-electron chi connectivity index (χ1n) is 6.26. The van der Waals surface area contributed by atoms with Crippen molar-refractivity contribution in [1.82, 2.24) is 4.57 Å². The quantitative estimate of drug-likeness (QED) is 0.725. The van der Waals surface area contributed by atoms with Crippen LogP contribution in [0.1, 0.15) is 10.5 Å². The summed E-state index contributed by atoms with van der Waals surface area (Å²) in [4.78, 5) is 12.1. The smallest absolute Gasteiger partial charge is 0.357 e. The Kier molecular flexibility index (Phi) is 2.91. The molecule has 0 aliphatic carbocycles. The number of fused-ring (bicyclic) bond motifs is 1. The number of ether oxygens (including phenoxy) is 1. The van der Waals surface area contributed by atoms with Crippen molar-refractivity contribution in [3.8, 4) is 5.69 Å². The summed E-state index contributed by atoms with van der Waals surface area (Å²) in [6, 6.07) is 17.3. The van der Waals surface area contributed by atoms with E-state index in [9.17, 15) is 4.79 Å². The molecule has 0 aliphatic heterocycles. The van der Waals surface area contributed by atoms with Crippen LogP contribution in [0.4, 0.5) is 5.69 Å². The van der Waals surface area contributed by atoms with Crippen molar-refractivity contribution < 1.29 is 9.53 Å². The van der Waals surface area contributed by atoms with E-state index in [2.05, 4.69) is 0 Å². The SMILES string of the molecule is COC(=O)c1c(N)c2ccccc2n1-c1ccccc1. The molecule has 0 amide bonds. The topological polar surface area (TPSA) is 57.2 Å². The fourth-order valence-corrected chi connectivity index (χ4v) is 2.41. The first-order valence-corrected chi connectivity index (χ1v) is 6.26. The summed E-state index contributed by atoms with van der Waals surface area (Å²) < 4.78 is 6.70. The molecular weight excluding hydrogens is 252 g/mol. The molecule has 2 N–H and O–H groups in total. The molecule has 4 nitrogen and oxygen atoms in total. The summed E-state index contributed by atoms with van der Waals surface area (Å²) in [6.07, 6.45) is 0. The number of anilines is 1. The highest BCUT2D eigenvalue weighted by atomic mass is 16.5. The summed E-state index contributed by atoms with van der Waals surface area (Å²) in [5.74, 6) is -0.442. The Morgan fingerprint density at radius 2 is 1.70 bits per heavy atom. The molecule has 100 valence electrons. The number of nitrogens with two attached hydrogens (primary N) is 1. The average molecular weight is 266 g/mol. The number of para-hydroxylation sites is 2. The van der Waals surface area contributed by atoms with Gasteiger partial charge in [0.25, 0.3) is 0 Å². The Balaban J connectivity index is 2.42. The number of hydrogen-bond donors (Lipinski definition) is 1. The van der Waals surface area contributed by atoms with Crippen LogP contribution in [-0.4, -0.2) is 17.6 Å². The molecule has 0 aliphatic rings. The molecule has 3 rings (SSSR count). The summed E-state index contributed by atoms with van der Waals surface area (Å²) in [5, 5.41) is 0.844. The van der Waals surface area contributed by atoms with Crippen molar-refractivity contribution in [3.05, 3.63) is 60.3 Å². The second-order valence-electron chi connectivity index (χ2n) is 4.44. The van der Waals surface area contributed by atoms with Gasteiger partial charge in [-0.3, -0.25) is 0 Å². The summed E-state index contributed by atoms with van der Waals surface area (Å²) in [5.41, 5.74) is 8.70. The zero-order chi connectivity index (χ0) is 14.1. The van der Waals surface area contributed by atoms with Crippen LogP contribution >= 0.6 is 0 Å². The van der Waals surface area contributed by atoms with Crippen LogP contribution in [0, 0.1) is 0 Å². The molecule has 4 heteroatoms. The van der Waals surface area contributed by atoms with Crippen LogP contribution in [0.2, 0.25) is 0 Å². The lowest BCUT2D eigenvalue weighted by atomic mass is 10.2. The first kappa shape index (κ1) is 12.3. The van der Waals surface area contributed by atoms with Gasteiger partial charge in [0.05, 0.1) is 18.3 Å². The number of nitrogens with zero attached hydrogens (tertiary/aromatic N) is 1. The Hall–Kier alpha value is -2.75. The predicted octanol–water partition coefficient (Wildman–Crippen LogP) is 3.00. The Labute approximate surface area is 116 Å². The van der Waals surface area contributed by atoms with Gasteiger partial charge in [0, 0.05) is 11.1 Å². The zero-order valence-electron chi connectivity index (χ0n) is 11.0. The van der Waals surface area contributed by atoms with Crippen molar-refractivity contribution in [2.75, 3.05) is 12.8 Å². The largest absolute Gasteiger partial charge is 0.464 e. The highest BCUT2D eigenvalue weighted by Crippen LogP contribution is 2.31. The molecule has 1 aromatic heterocycles. The third-order valence-corrected chi connectivity index (χ3v) is 3.31. The van der Waals surface area contributed by atoms with E-state index >= 15 is 0 Å². The van der Waals surface area contributed by atoms with Crippen molar-refractivity contribution in [1.29, 1.82) is 0 Å². The van der Waals surface area contributed by atoms with E-state index in [0.29, 0.717) is 11.4 Å². The minimum absolute atomic E-state index is 0.361. The molecular formula is C16H14N2O2. The van der Waals surface area contributed by atoms with E-state index in [1.54, 1.807) is 0 Å². The van der Waals surface area contributed by atoms with Gasteiger partial charge in [0.15, 0.2) is 5.69 Å². The Morgan fingerprint density at radius 1 is 1.05 bits per heavy atom. The van der Waals surface area contributed by atoms with Crippen LogP contribution in [0.15, 0.2) is 54.6 Å². The number of nitrogen functional groups attached to an aromatic ring is 1. The number of hydrogen-bond acceptors (Lipinski definition) is 3. The van der Waals surface area contributed by atoms with Gasteiger partial charge >= 0.3 is 5.97 Å². The molecule has 20 heavy (non-hydrogen) atoms. The zero-order valence-corrected chi connectivity index (χ0v) is 11.0. The molecule has 0 spiro atoms. The van der Waals surface area contributed by atoms with Crippen LogP contribution in [0.5, 0.6) is 0 Å². The summed E-state index contributed by atoms with van der Waals surface area (Å²) >= 11 is 0. The number of rotatable bonds is 2.